The topological polar surface area (TPSA) is 183 Å². The summed E-state index contributed by atoms with van der Waals surface area (Å²) >= 11 is 0. The molecule has 3 aliphatic rings. The van der Waals surface area contributed by atoms with Gasteiger partial charge in [0.1, 0.15) is 5.78 Å². The van der Waals surface area contributed by atoms with Crippen LogP contribution in [0, 0.1) is 29.1 Å². The predicted molar refractivity (Wildman–Crippen MR) is 229 cm³/mol. The van der Waals surface area contributed by atoms with Gasteiger partial charge in [-0.2, -0.15) is 0 Å². The largest absolute Gasteiger partial charge is 0.457 e. The highest BCUT2D eigenvalue weighted by Crippen LogP contribution is 2.37. The molecule has 0 radical (unpaired) electrons. The molecule has 0 spiro atoms. The average Bonchev–Trinajstić information content (AvgIpc) is 3.18. The Morgan fingerprint density at radius 1 is 0.754 bits per heavy atom. The van der Waals surface area contributed by atoms with Gasteiger partial charge in [-0.05, 0) is 30.2 Å². The molecular formula is C45H72N2O13Si. The molecule has 14 unspecified atom stereocenters. The fraction of sp³-hybridized carbons (Fsp3) is 0.756. The van der Waals surface area contributed by atoms with Crippen molar-refractivity contribution in [2.24, 2.45) is 29.1 Å². The van der Waals surface area contributed by atoms with Gasteiger partial charge in [-0.3, -0.25) is 19.2 Å². The second kappa shape index (κ2) is 21.8. The molecule has 2 amide bonds. The lowest BCUT2D eigenvalue weighted by molar-refractivity contribution is -0.327. The van der Waals surface area contributed by atoms with Crippen molar-refractivity contribution in [3.63, 3.8) is 0 Å². The number of esters is 3. The minimum absolute atomic E-state index is 0.0205. The van der Waals surface area contributed by atoms with E-state index in [1.165, 1.54) is 31.5 Å². The van der Waals surface area contributed by atoms with E-state index < -0.39 is 98.6 Å². The first kappa shape index (κ1) is 50.2. The molecule has 15 nitrogen and oxygen atoms in total. The summed E-state index contributed by atoms with van der Waals surface area (Å²) in [6, 6.07) is 8.23. The number of ketones is 1. The van der Waals surface area contributed by atoms with Crippen LogP contribution in [-0.2, 0) is 57.1 Å². The van der Waals surface area contributed by atoms with Gasteiger partial charge in [0.25, 0.3) is 0 Å². The van der Waals surface area contributed by atoms with Crippen molar-refractivity contribution >= 4 is 43.0 Å². The number of urea groups is 1. The number of rotatable bonds is 17. The number of nitrogens with one attached hydrogen (secondary N) is 2. The first-order valence-electron chi connectivity index (χ1n) is 21.9. The Bertz CT molecular complexity index is 1660. The third-order valence-corrected chi connectivity index (χ3v) is 14.9. The van der Waals surface area contributed by atoms with Crippen LogP contribution in [0.4, 0.5) is 4.79 Å². The lowest BCUT2D eigenvalue weighted by atomic mass is 9.73. The molecule has 61 heavy (non-hydrogen) atoms. The highest BCUT2D eigenvalue weighted by molar-refractivity contribution is 6.88. The van der Waals surface area contributed by atoms with Gasteiger partial charge >= 0.3 is 23.9 Å². The number of carbonyl (C=O) groups is 5. The minimum atomic E-state index is -1.41. The van der Waals surface area contributed by atoms with E-state index in [0.717, 1.165) is 0 Å². The third kappa shape index (κ3) is 13.5. The maximum Gasteiger partial charge on any atom is 0.316 e. The molecule has 2 N–H and O–H groups in total. The zero-order valence-corrected chi connectivity index (χ0v) is 39.6. The van der Waals surface area contributed by atoms with Gasteiger partial charge in [0.2, 0.25) is 0 Å². The fourth-order valence-corrected chi connectivity index (χ4v) is 9.49. The Hall–Kier alpha value is -3.41. The standard InChI is InChI=1S/C45H72N2O13Si/c1-14-45(10,21-25(2)33-15-17-34(18-16-33)61(11,12)13)37(51)19-20-46-44(52)47-41-38(56-30(7)48)28(5)35(23-53-41)59-43-40(58-32(9)50)29(6)36(24-55-43)60-42-39(57-31(8)49)27(4)26(3)22-54-42/h15-18,25-29,35-36,38-43H,14,19-24H2,1-13H3,(H2,46,47,52). The van der Waals surface area contributed by atoms with Crippen LogP contribution in [-0.4, -0.2) is 113 Å². The van der Waals surface area contributed by atoms with Crippen molar-refractivity contribution < 1.29 is 61.9 Å². The quantitative estimate of drug-likeness (QED) is 0.113. The van der Waals surface area contributed by atoms with Crippen LogP contribution in [0.2, 0.25) is 19.6 Å². The van der Waals surface area contributed by atoms with Gasteiger partial charge in [0.05, 0.1) is 40.1 Å². The van der Waals surface area contributed by atoms with Crippen LogP contribution in [0.15, 0.2) is 24.3 Å². The molecule has 0 saturated carbocycles. The summed E-state index contributed by atoms with van der Waals surface area (Å²) in [6.45, 7) is 25.2. The molecule has 0 aromatic heterocycles. The summed E-state index contributed by atoms with van der Waals surface area (Å²) in [6.07, 6.45) is -5.23. The minimum Gasteiger partial charge on any atom is -0.457 e. The number of hydrogen-bond donors (Lipinski definition) is 2. The maximum atomic E-state index is 13.6. The van der Waals surface area contributed by atoms with E-state index in [-0.39, 0.29) is 49.7 Å². The Morgan fingerprint density at radius 2 is 1.25 bits per heavy atom. The Labute approximate surface area is 363 Å². The van der Waals surface area contributed by atoms with Crippen molar-refractivity contribution in [1.29, 1.82) is 0 Å². The van der Waals surface area contributed by atoms with E-state index in [1.807, 2.05) is 34.6 Å². The van der Waals surface area contributed by atoms with E-state index in [4.69, 9.17) is 37.9 Å². The molecule has 3 fully saturated rings. The highest BCUT2D eigenvalue weighted by atomic mass is 28.3. The molecule has 1 aromatic rings. The third-order valence-electron chi connectivity index (χ3n) is 12.8. The molecule has 14 atom stereocenters. The van der Waals surface area contributed by atoms with E-state index in [0.29, 0.717) is 19.4 Å². The van der Waals surface area contributed by atoms with E-state index in [2.05, 4.69) is 61.5 Å². The fourth-order valence-electron chi connectivity index (χ4n) is 8.32. The van der Waals surface area contributed by atoms with E-state index in [1.54, 1.807) is 6.92 Å². The average molecular weight is 877 g/mol. The zero-order chi connectivity index (χ0) is 45.4. The maximum absolute atomic E-state index is 13.6. The molecule has 4 rings (SSSR count). The first-order chi connectivity index (χ1) is 28.5. The van der Waals surface area contributed by atoms with Gasteiger partial charge in [-0.1, -0.05) is 97.6 Å². The van der Waals surface area contributed by atoms with E-state index >= 15 is 0 Å². The summed E-state index contributed by atoms with van der Waals surface area (Å²) in [4.78, 5) is 63.3. The van der Waals surface area contributed by atoms with Crippen LogP contribution in [0.3, 0.4) is 0 Å². The highest BCUT2D eigenvalue weighted by Gasteiger charge is 2.49. The molecule has 344 valence electrons. The summed E-state index contributed by atoms with van der Waals surface area (Å²) in [7, 11) is -1.41. The number of ether oxygens (including phenoxy) is 8. The molecule has 0 bridgehead atoms. The van der Waals surface area contributed by atoms with Gasteiger partial charge in [0, 0.05) is 56.9 Å². The summed E-state index contributed by atoms with van der Waals surface area (Å²) in [5.41, 5.74) is 0.642. The van der Waals surface area contributed by atoms with Crippen LogP contribution >= 0.6 is 0 Å². The summed E-state index contributed by atoms with van der Waals surface area (Å²) in [5.74, 6) is -2.18. The molecule has 3 aliphatic heterocycles. The van der Waals surface area contributed by atoms with Crippen molar-refractivity contribution in [3.8, 4) is 0 Å². The summed E-state index contributed by atoms with van der Waals surface area (Å²) < 4.78 is 47.9. The van der Waals surface area contributed by atoms with Gasteiger partial charge in [-0.15, -0.1) is 0 Å². The smallest absolute Gasteiger partial charge is 0.316 e. The number of amides is 2. The van der Waals surface area contributed by atoms with Crippen LogP contribution in [0.1, 0.15) is 100.0 Å². The molecule has 1 aromatic carbocycles. The van der Waals surface area contributed by atoms with Crippen LogP contribution in [0.5, 0.6) is 0 Å². The normalized spacial score (nSPS) is 32.1. The Kier molecular flexibility index (Phi) is 17.9. The van der Waals surface area contributed by atoms with Crippen LogP contribution in [0.25, 0.3) is 0 Å². The Balaban J connectivity index is 1.33. The Morgan fingerprint density at radius 3 is 1.77 bits per heavy atom. The predicted octanol–water partition coefficient (Wildman–Crippen LogP) is 5.58. The number of hydrogen-bond acceptors (Lipinski definition) is 13. The first-order valence-corrected chi connectivity index (χ1v) is 25.4. The monoisotopic (exact) mass is 876 g/mol. The zero-order valence-electron chi connectivity index (χ0n) is 38.6. The number of Topliss-reactive ketones (excluding diaryl/α,β-unsaturated/α-hetero) is 1. The molecule has 16 heteroatoms. The molecule has 0 aliphatic carbocycles. The second-order valence-electron chi connectivity index (χ2n) is 18.7. The van der Waals surface area contributed by atoms with Crippen molar-refractivity contribution in [3.05, 3.63) is 29.8 Å². The van der Waals surface area contributed by atoms with Crippen molar-refractivity contribution in [2.45, 2.75) is 163 Å². The summed E-state index contributed by atoms with van der Waals surface area (Å²) in [5, 5.41) is 6.93. The molecular weight excluding hydrogens is 805 g/mol. The second-order valence-corrected chi connectivity index (χ2v) is 23.8. The number of benzene rings is 1. The SMILES string of the molecule is CCC(C)(CC(C)c1ccc([Si](C)(C)C)cc1)C(=O)CCNC(=O)NC1OCC(OC2OCC(OC3OCC(C)C(C)C3OC(C)=O)C(C)C2OC(C)=O)C(C)C1OC(C)=O. The van der Waals surface area contributed by atoms with Gasteiger partial charge in [0.15, 0.2) is 37.1 Å². The molecule has 3 saturated heterocycles. The lowest BCUT2D eigenvalue weighted by Crippen LogP contribution is -2.61. The van der Waals surface area contributed by atoms with Crippen LogP contribution < -0.4 is 15.8 Å². The number of carbonyl (C=O) groups excluding carboxylic acids is 5. The van der Waals surface area contributed by atoms with Crippen molar-refractivity contribution in [1.82, 2.24) is 10.6 Å². The van der Waals surface area contributed by atoms with Crippen molar-refractivity contribution in [2.75, 3.05) is 26.4 Å². The molecule has 3 heterocycles. The van der Waals surface area contributed by atoms with Gasteiger partial charge < -0.3 is 48.5 Å². The van der Waals surface area contributed by atoms with E-state index in [9.17, 15) is 24.0 Å². The van der Waals surface area contributed by atoms with Gasteiger partial charge in [-0.25, -0.2) is 4.79 Å². The lowest BCUT2D eigenvalue weighted by Gasteiger charge is -2.46.